The second-order valence-electron chi connectivity index (χ2n) is 5.59. The van der Waals surface area contributed by atoms with E-state index < -0.39 is 0 Å². The smallest absolute Gasteiger partial charge is 0.222 e. The van der Waals surface area contributed by atoms with Crippen molar-refractivity contribution in [2.24, 2.45) is 0 Å². The van der Waals surface area contributed by atoms with Crippen LogP contribution in [0.5, 0.6) is 5.75 Å². The van der Waals surface area contributed by atoms with Crippen molar-refractivity contribution < 1.29 is 9.53 Å². The summed E-state index contributed by atoms with van der Waals surface area (Å²) in [5, 5.41) is 14.9. The highest BCUT2D eigenvalue weighted by Crippen LogP contribution is 2.27. The van der Waals surface area contributed by atoms with Crippen LogP contribution in [0.15, 0.2) is 18.2 Å². The van der Waals surface area contributed by atoms with Crippen LogP contribution in [0.3, 0.4) is 0 Å². The summed E-state index contributed by atoms with van der Waals surface area (Å²) in [4.78, 5) is 12.0. The van der Waals surface area contributed by atoms with Gasteiger partial charge in [-0.2, -0.15) is 0 Å². The Morgan fingerprint density at radius 1 is 1.42 bits per heavy atom. The predicted octanol–water partition coefficient (Wildman–Crippen LogP) is 2.00. The lowest BCUT2D eigenvalue weighted by Crippen LogP contribution is -2.26. The third-order valence-electron chi connectivity index (χ3n) is 3.96. The number of nitrogens with zero attached hydrogens (tertiary/aromatic N) is 3. The van der Waals surface area contributed by atoms with E-state index in [4.69, 9.17) is 16.3 Å². The number of carbonyl (C=O) groups excluding carboxylic acids is 1. The zero-order valence-corrected chi connectivity index (χ0v) is 14.3. The molecule has 0 atom stereocenters. The lowest BCUT2D eigenvalue weighted by Gasteiger charge is -2.11. The maximum Gasteiger partial charge on any atom is 0.222 e. The third-order valence-corrected chi connectivity index (χ3v) is 4.19. The van der Waals surface area contributed by atoms with Crippen LogP contribution in [0.2, 0.25) is 5.02 Å². The fourth-order valence-corrected chi connectivity index (χ4v) is 2.91. The van der Waals surface area contributed by atoms with Gasteiger partial charge in [0.25, 0.3) is 0 Å². The summed E-state index contributed by atoms with van der Waals surface area (Å²) < 4.78 is 7.34. The van der Waals surface area contributed by atoms with Gasteiger partial charge in [0.2, 0.25) is 5.91 Å². The average molecular weight is 350 g/mol. The van der Waals surface area contributed by atoms with Crippen molar-refractivity contribution in [3.63, 3.8) is 0 Å². The monoisotopic (exact) mass is 349 g/mol. The molecule has 24 heavy (non-hydrogen) atoms. The minimum absolute atomic E-state index is 0.0427. The van der Waals surface area contributed by atoms with Gasteiger partial charge < -0.3 is 19.9 Å². The lowest BCUT2D eigenvalue weighted by molar-refractivity contribution is -0.121. The fourth-order valence-electron chi connectivity index (χ4n) is 2.74. The summed E-state index contributed by atoms with van der Waals surface area (Å²) in [7, 11) is 1.60. The third kappa shape index (κ3) is 3.79. The van der Waals surface area contributed by atoms with Crippen molar-refractivity contribution in [3.8, 4) is 5.75 Å². The predicted molar refractivity (Wildman–Crippen MR) is 91.3 cm³/mol. The van der Waals surface area contributed by atoms with Gasteiger partial charge in [0, 0.05) is 31.0 Å². The minimum Gasteiger partial charge on any atom is -0.495 e. The number of aromatic nitrogens is 3. The van der Waals surface area contributed by atoms with Crippen molar-refractivity contribution in [3.05, 3.63) is 34.9 Å². The van der Waals surface area contributed by atoms with E-state index in [1.807, 2.05) is 0 Å². The summed E-state index contributed by atoms with van der Waals surface area (Å²) in [5.74, 6) is 2.48. The van der Waals surface area contributed by atoms with Gasteiger partial charge in [-0.05, 0) is 24.6 Å². The highest BCUT2D eigenvalue weighted by molar-refractivity contribution is 6.30. The van der Waals surface area contributed by atoms with E-state index >= 15 is 0 Å². The van der Waals surface area contributed by atoms with Gasteiger partial charge in [-0.25, -0.2) is 0 Å². The van der Waals surface area contributed by atoms with Gasteiger partial charge in [-0.3, -0.25) is 4.79 Å². The average Bonchev–Trinajstić information content (AvgIpc) is 3.17. The zero-order chi connectivity index (χ0) is 16.9. The van der Waals surface area contributed by atoms with E-state index in [9.17, 15) is 4.79 Å². The van der Waals surface area contributed by atoms with Gasteiger partial charge >= 0.3 is 0 Å². The van der Waals surface area contributed by atoms with E-state index in [0.717, 1.165) is 36.7 Å². The van der Waals surface area contributed by atoms with E-state index in [1.165, 1.54) is 0 Å². The van der Waals surface area contributed by atoms with Crippen molar-refractivity contribution in [1.29, 1.82) is 0 Å². The molecule has 0 saturated carbocycles. The Kier molecular flexibility index (Phi) is 5.20. The Bertz CT molecular complexity index is 731. The molecule has 1 amide bonds. The summed E-state index contributed by atoms with van der Waals surface area (Å²) in [6.45, 7) is 1.83. The molecule has 2 N–H and O–H groups in total. The molecule has 1 aliphatic heterocycles. The number of fused-ring (bicyclic) bond motifs is 1. The van der Waals surface area contributed by atoms with Crippen LogP contribution < -0.4 is 15.4 Å². The van der Waals surface area contributed by atoms with Crippen molar-refractivity contribution in [2.45, 2.75) is 32.4 Å². The Hall–Kier alpha value is -2.28. The van der Waals surface area contributed by atoms with Crippen molar-refractivity contribution in [1.82, 2.24) is 20.1 Å². The molecule has 0 spiro atoms. The Balaban J connectivity index is 1.45. The molecule has 1 aliphatic rings. The quantitative estimate of drug-likeness (QED) is 0.799. The Labute approximate surface area is 145 Å². The topological polar surface area (TPSA) is 81.1 Å². The van der Waals surface area contributed by atoms with Gasteiger partial charge in [0.1, 0.15) is 11.6 Å². The number of benzene rings is 1. The second kappa shape index (κ2) is 7.53. The van der Waals surface area contributed by atoms with Crippen molar-refractivity contribution in [2.75, 3.05) is 19.0 Å². The van der Waals surface area contributed by atoms with Gasteiger partial charge in [0.05, 0.1) is 19.3 Å². The molecule has 0 fully saturated rings. The molecular weight excluding hydrogens is 330 g/mol. The van der Waals surface area contributed by atoms with Crippen LogP contribution >= 0.6 is 11.6 Å². The number of carbonyl (C=O) groups is 1. The minimum atomic E-state index is -0.0427. The molecule has 1 aromatic heterocycles. The highest BCUT2D eigenvalue weighted by Gasteiger charge is 2.17. The number of rotatable bonds is 7. The first-order chi connectivity index (χ1) is 11.7. The van der Waals surface area contributed by atoms with Gasteiger partial charge in [-0.15, -0.1) is 10.2 Å². The SMILES string of the molecule is COc1ccc(Cl)cc1NCCC(=O)NCc1nnc2n1CCC2. The van der Waals surface area contributed by atoms with Crippen LogP contribution in [-0.4, -0.2) is 34.3 Å². The summed E-state index contributed by atoms with van der Waals surface area (Å²) in [6, 6.07) is 5.32. The number of methoxy groups -OCH3 is 1. The maximum absolute atomic E-state index is 12.0. The first-order valence-electron chi connectivity index (χ1n) is 7.92. The molecule has 8 heteroatoms. The molecule has 0 aliphatic carbocycles. The standard InChI is InChI=1S/C16H20ClN5O2/c1-24-13-5-4-11(17)9-12(13)18-7-6-16(23)19-10-15-21-20-14-3-2-8-22(14)15/h4-5,9,18H,2-3,6-8,10H2,1H3,(H,19,23). The highest BCUT2D eigenvalue weighted by atomic mass is 35.5. The molecule has 0 bridgehead atoms. The number of amides is 1. The Morgan fingerprint density at radius 3 is 3.12 bits per heavy atom. The first-order valence-corrected chi connectivity index (χ1v) is 8.30. The number of anilines is 1. The number of hydrogen-bond donors (Lipinski definition) is 2. The van der Waals surface area contributed by atoms with Crippen LogP contribution in [0.4, 0.5) is 5.69 Å². The van der Waals surface area contributed by atoms with Gasteiger partial charge in [0.15, 0.2) is 5.82 Å². The summed E-state index contributed by atoms with van der Waals surface area (Å²) in [5.41, 5.74) is 0.771. The molecule has 2 heterocycles. The maximum atomic E-state index is 12.0. The van der Waals surface area contributed by atoms with E-state index in [1.54, 1.807) is 25.3 Å². The number of halogens is 1. The van der Waals surface area contributed by atoms with Crippen LogP contribution in [-0.2, 0) is 24.3 Å². The second-order valence-corrected chi connectivity index (χ2v) is 6.02. The van der Waals surface area contributed by atoms with E-state index in [2.05, 4.69) is 25.4 Å². The molecule has 0 unspecified atom stereocenters. The fraction of sp³-hybridized carbons (Fsp3) is 0.438. The zero-order valence-electron chi connectivity index (χ0n) is 13.5. The molecule has 0 saturated heterocycles. The largest absolute Gasteiger partial charge is 0.495 e. The molecule has 7 nitrogen and oxygen atoms in total. The van der Waals surface area contributed by atoms with E-state index in [-0.39, 0.29) is 5.91 Å². The molecule has 2 aromatic rings. The van der Waals surface area contributed by atoms with Crippen LogP contribution in [0.1, 0.15) is 24.5 Å². The molecule has 1 aromatic carbocycles. The van der Waals surface area contributed by atoms with Crippen molar-refractivity contribution >= 4 is 23.2 Å². The number of ether oxygens (including phenoxy) is 1. The van der Waals surface area contributed by atoms with E-state index in [0.29, 0.717) is 30.3 Å². The normalized spacial score (nSPS) is 12.8. The van der Waals surface area contributed by atoms with Crippen LogP contribution in [0.25, 0.3) is 0 Å². The van der Waals surface area contributed by atoms with Gasteiger partial charge in [-0.1, -0.05) is 11.6 Å². The summed E-state index contributed by atoms with van der Waals surface area (Å²) >= 11 is 5.98. The molecular formula is C16H20ClN5O2. The summed E-state index contributed by atoms with van der Waals surface area (Å²) in [6.07, 6.45) is 2.40. The number of aryl methyl sites for hydroxylation is 1. The Morgan fingerprint density at radius 2 is 2.29 bits per heavy atom. The lowest BCUT2D eigenvalue weighted by atomic mass is 10.2. The first kappa shape index (κ1) is 16.6. The number of hydrogen-bond acceptors (Lipinski definition) is 5. The molecule has 128 valence electrons. The molecule has 3 rings (SSSR count). The number of nitrogens with one attached hydrogen (secondary N) is 2. The molecule has 0 radical (unpaired) electrons. The van der Waals surface area contributed by atoms with Crippen LogP contribution in [0, 0.1) is 0 Å².